The minimum Gasteiger partial charge on any atom is -0.494 e. The van der Waals surface area contributed by atoms with Crippen molar-refractivity contribution in [1.29, 1.82) is 0 Å². The third-order valence-corrected chi connectivity index (χ3v) is 7.43. The monoisotopic (exact) mass is 584 g/mol. The number of hydrogen-bond donors (Lipinski definition) is 1. The van der Waals surface area contributed by atoms with E-state index in [2.05, 4.69) is 9.88 Å². The maximum absolute atomic E-state index is 14.1. The number of carbonyl (C=O) groups excluding carboxylic acids is 2. The smallest absolute Gasteiger partial charge is 0.430 e. The minimum atomic E-state index is -5.22. The molecule has 12 heteroatoms. The highest BCUT2D eigenvalue weighted by atomic mass is 35.5. The van der Waals surface area contributed by atoms with Crippen LogP contribution in [-0.2, 0) is 10.4 Å². The van der Waals surface area contributed by atoms with Gasteiger partial charge >= 0.3 is 6.18 Å². The Balaban J connectivity index is 1.55. The number of alkyl halides is 3. The van der Waals surface area contributed by atoms with Gasteiger partial charge in [-0.05, 0) is 62.8 Å². The molecule has 2 aromatic rings. The predicted octanol–water partition coefficient (Wildman–Crippen LogP) is 4.74. The Bertz CT molecular complexity index is 1190. The first kappa shape index (κ1) is 31.5. The molecule has 0 unspecified atom stereocenters. The topological polar surface area (TPSA) is 86.2 Å². The Labute approximate surface area is 237 Å². The average molecular weight is 585 g/mol. The van der Waals surface area contributed by atoms with Gasteiger partial charge in [0.1, 0.15) is 16.7 Å². The molecule has 1 aliphatic heterocycles. The number of nitrogens with zero attached hydrogens (tertiary/aromatic N) is 4. The Kier molecular flexibility index (Phi) is 10.3. The first-order chi connectivity index (χ1) is 18.8. The van der Waals surface area contributed by atoms with E-state index >= 15 is 0 Å². The highest BCUT2D eigenvalue weighted by Gasteiger charge is 2.61. The largest absolute Gasteiger partial charge is 0.494 e. The van der Waals surface area contributed by atoms with Crippen LogP contribution in [0.2, 0.25) is 5.15 Å². The molecule has 0 bridgehead atoms. The van der Waals surface area contributed by atoms with Crippen molar-refractivity contribution in [2.75, 3.05) is 52.3 Å². The number of piperidine rings is 1. The summed E-state index contributed by atoms with van der Waals surface area (Å²) in [6.45, 7) is 3.42. The zero-order valence-corrected chi connectivity index (χ0v) is 23.9. The number of carbonyl (C=O) groups is 2. The number of aliphatic hydroxyl groups is 1. The van der Waals surface area contributed by atoms with Crippen LogP contribution in [0.25, 0.3) is 0 Å². The third-order valence-electron chi connectivity index (χ3n) is 7.14. The van der Waals surface area contributed by atoms with Crippen LogP contribution < -0.4 is 9.64 Å². The second-order valence-electron chi connectivity index (χ2n) is 10.2. The van der Waals surface area contributed by atoms with E-state index in [0.29, 0.717) is 36.8 Å². The zero-order valence-electron chi connectivity index (χ0n) is 23.2. The summed E-state index contributed by atoms with van der Waals surface area (Å²) in [5.41, 5.74) is -3.92. The summed E-state index contributed by atoms with van der Waals surface area (Å²) in [6, 6.07) is 8.35. The summed E-state index contributed by atoms with van der Waals surface area (Å²) < 4.78 is 47.4. The van der Waals surface area contributed by atoms with Crippen LogP contribution in [0.1, 0.15) is 48.5 Å². The summed E-state index contributed by atoms with van der Waals surface area (Å²) in [7, 11) is 4.56. The molecule has 0 saturated carbocycles. The van der Waals surface area contributed by atoms with Crippen LogP contribution in [0.5, 0.6) is 5.75 Å². The second kappa shape index (κ2) is 13.1. The summed E-state index contributed by atoms with van der Waals surface area (Å²) in [5, 5.41) is 10.9. The van der Waals surface area contributed by atoms with Gasteiger partial charge in [0.2, 0.25) is 0 Å². The van der Waals surface area contributed by atoms with Crippen molar-refractivity contribution in [2.45, 2.75) is 44.4 Å². The Morgan fingerprint density at radius 3 is 2.40 bits per heavy atom. The van der Waals surface area contributed by atoms with Crippen LogP contribution in [0.3, 0.4) is 0 Å². The van der Waals surface area contributed by atoms with Gasteiger partial charge in [0, 0.05) is 46.3 Å². The van der Waals surface area contributed by atoms with Gasteiger partial charge in [-0.15, -0.1) is 0 Å². The van der Waals surface area contributed by atoms with E-state index in [1.807, 2.05) is 0 Å². The quantitative estimate of drug-likeness (QED) is 0.406. The Hall–Kier alpha value is -3.05. The fourth-order valence-electron chi connectivity index (χ4n) is 4.83. The summed E-state index contributed by atoms with van der Waals surface area (Å²) in [5.74, 6) is -0.500. The number of amides is 2. The predicted molar refractivity (Wildman–Crippen MR) is 147 cm³/mol. The van der Waals surface area contributed by atoms with Crippen molar-refractivity contribution in [3.63, 3.8) is 0 Å². The number of rotatable bonds is 10. The lowest BCUT2D eigenvalue weighted by Crippen LogP contribution is -2.55. The number of likely N-dealkylation sites (N-methyl/N-ethyl adjacent to an activating group) is 1. The Morgan fingerprint density at radius 1 is 1.15 bits per heavy atom. The highest BCUT2D eigenvalue weighted by Crippen LogP contribution is 2.41. The molecule has 0 spiro atoms. The molecule has 8 nitrogen and oxygen atoms in total. The van der Waals surface area contributed by atoms with E-state index in [1.165, 1.54) is 24.1 Å². The minimum absolute atomic E-state index is 0.0706. The van der Waals surface area contributed by atoms with Crippen LogP contribution in [0.15, 0.2) is 36.4 Å². The molecule has 0 radical (unpaired) electrons. The average Bonchev–Trinajstić information content (AvgIpc) is 2.91. The van der Waals surface area contributed by atoms with Gasteiger partial charge in [0.25, 0.3) is 17.4 Å². The number of benzene rings is 1. The summed E-state index contributed by atoms with van der Waals surface area (Å²) in [6.07, 6.45) is -2.32. The van der Waals surface area contributed by atoms with Crippen molar-refractivity contribution < 1.29 is 32.6 Å². The molecule has 3 rings (SSSR count). The van der Waals surface area contributed by atoms with Crippen molar-refractivity contribution in [1.82, 2.24) is 14.8 Å². The van der Waals surface area contributed by atoms with Crippen molar-refractivity contribution in [3.8, 4) is 5.75 Å². The first-order valence-corrected chi connectivity index (χ1v) is 13.6. The molecule has 2 heterocycles. The summed E-state index contributed by atoms with van der Waals surface area (Å²) >= 11 is 6.25. The fourth-order valence-corrected chi connectivity index (χ4v) is 5.06. The van der Waals surface area contributed by atoms with E-state index in [9.17, 15) is 27.9 Å². The van der Waals surface area contributed by atoms with E-state index in [-0.39, 0.29) is 30.0 Å². The van der Waals surface area contributed by atoms with Gasteiger partial charge in [-0.3, -0.25) is 9.59 Å². The standard InChI is InChI=1S/C28H36ClF3N4O4/c1-5-40-21-10-6-9-20(18-21)27(39,28(30,31)32)26(38)35(4)15-7-8-19-13-16-36(17-14-19)23-12-11-22(24(29)33-23)25(37)34(2)3/h6,9-12,18-19,39H,5,7-8,13-17H2,1-4H3/t27-/m1/s1. The molecular formula is C28H36ClF3N4O4. The first-order valence-electron chi connectivity index (χ1n) is 13.2. The third kappa shape index (κ3) is 6.98. The number of aromatic nitrogens is 1. The maximum Gasteiger partial charge on any atom is 0.430 e. The van der Waals surface area contributed by atoms with Gasteiger partial charge < -0.3 is 24.5 Å². The van der Waals surface area contributed by atoms with Gasteiger partial charge in [-0.25, -0.2) is 4.98 Å². The molecule has 220 valence electrons. The number of anilines is 1. The molecule has 0 aliphatic carbocycles. The van der Waals surface area contributed by atoms with Crippen LogP contribution in [0.4, 0.5) is 19.0 Å². The Morgan fingerprint density at radius 2 is 1.82 bits per heavy atom. The lowest BCUT2D eigenvalue weighted by atomic mass is 9.90. The van der Waals surface area contributed by atoms with Crippen LogP contribution in [0, 0.1) is 5.92 Å². The number of halogens is 4. The van der Waals surface area contributed by atoms with Crippen LogP contribution in [-0.4, -0.2) is 85.3 Å². The molecule has 1 saturated heterocycles. The van der Waals surface area contributed by atoms with Gasteiger partial charge in [0.15, 0.2) is 0 Å². The van der Waals surface area contributed by atoms with Crippen molar-refractivity contribution >= 4 is 29.2 Å². The summed E-state index contributed by atoms with van der Waals surface area (Å²) in [4.78, 5) is 34.0. The van der Waals surface area contributed by atoms with Crippen LogP contribution >= 0.6 is 11.6 Å². The molecule has 2 amide bonds. The molecule has 40 heavy (non-hydrogen) atoms. The lowest BCUT2D eigenvalue weighted by Gasteiger charge is -2.34. The SMILES string of the molecule is CCOc1cccc([C@@](O)(C(=O)N(C)CCCC2CCN(c3ccc(C(=O)N(C)C)c(Cl)n3)CC2)C(F)(F)F)c1. The van der Waals surface area contributed by atoms with E-state index in [0.717, 1.165) is 36.3 Å². The second-order valence-corrected chi connectivity index (χ2v) is 10.5. The number of ether oxygens (including phenoxy) is 1. The molecule has 1 aromatic heterocycles. The van der Waals surface area contributed by atoms with Crippen molar-refractivity contribution in [3.05, 3.63) is 52.7 Å². The van der Waals surface area contributed by atoms with E-state index < -0.39 is 23.2 Å². The lowest BCUT2D eigenvalue weighted by molar-refractivity contribution is -0.261. The fraction of sp³-hybridized carbons (Fsp3) is 0.536. The molecular weight excluding hydrogens is 549 g/mol. The van der Waals surface area contributed by atoms with Gasteiger partial charge in [-0.1, -0.05) is 23.7 Å². The molecule has 1 N–H and O–H groups in total. The van der Waals surface area contributed by atoms with Gasteiger partial charge in [-0.2, -0.15) is 13.2 Å². The number of pyridine rings is 1. The molecule has 1 fully saturated rings. The van der Waals surface area contributed by atoms with Crippen molar-refractivity contribution in [2.24, 2.45) is 5.92 Å². The molecule has 1 aliphatic rings. The molecule has 1 aromatic carbocycles. The van der Waals surface area contributed by atoms with E-state index in [4.69, 9.17) is 16.3 Å². The molecule has 1 atom stereocenters. The highest BCUT2D eigenvalue weighted by molar-refractivity contribution is 6.32. The van der Waals surface area contributed by atoms with E-state index in [1.54, 1.807) is 33.2 Å². The number of hydrogen-bond acceptors (Lipinski definition) is 6. The van der Waals surface area contributed by atoms with Gasteiger partial charge in [0.05, 0.1) is 12.2 Å². The maximum atomic E-state index is 14.1. The zero-order chi connectivity index (χ0) is 29.7. The normalized spacial score (nSPS) is 15.9.